The van der Waals surface area contributed by atoms with Gasteiger partial charge in [-0.05, 0) is 30.7 Å². The lowest BCUT2D eigenvalue weighted by Gasteiger charge is -2.08. The minimum absolute atomic E-state index is 0.241. The molecule has 0 unspecified atom stereocenters. The average molecular weight is 296 g/mol. The molecule has 2 aromatic rings. The standard InChI is InChI=1S/C14H18ClN3O2/c1-3-6-16-8-11-4-5-13(12(15)7-11)19-9-14-17-10(2)20-18-14/h4-5,7,16H,3,6,8-9H2,1-2H3. The van der Waals surface area contributed by atoms with Crippen molar-refractivity contribution in [3.05, 3.63) is 40.5 Å². The minimum atomic E-state index is 0.241. The highest BCUT2D eigenvalue weighted by Crippen LogP contribution is 2.26. The fourth-order valence-corrected chi connectivity index (χ4v) is 1.98. The predicted molar refractivity (Wildman–Crippen MR) is 76.8 cm³/mol. The van der Waals surface area contributed by atoms with Crippen molar-refractivity contribution < 1.29 is 9.26 Å². The summed E-state index contributed by atoms with van der Waals surface area (Å²) in [5, 5.41) is 7.67. The Balaban J connectivity index is 1.92. The fraction of sp³-hybridized carbons (Fsp3) is 0.429. The quantitative estimate of drug-likeness (QED) is 0.795. The van der Waals surface area contributed by atoms with Crippen LogP contribution in [0.15, 0.2) is 22.7 Å². The number of aryl methyl sites for hydroxylation is 1. The summed E-state index contributed by atoms with van der Waals surface area (Å²) in [5.41, 5.74) is 1.13. The Bertz CT molecular complexity index is 557. The van der Waals surface area contributed by atoms with Crippen LogP contribution >= 0.6 is 11.6 Å². The van der Waals surface area contributed by atoms with Gasteiger partial charge in [-0.2, -0.15) is 4.98 Å². The summed E-state index contributed by atoms with van der Waals surface area (Å²) in [6.45, 7) is 5.91. The summed E-state index contributed by atoms with van der Waals surface area (Å²) in [7, 11) is 0. The number of ether oxygens (including phenoxy) is 1. The number of halogens is 1. The highest BCUT2D eigenvalue weighted by Gasteiger charge is 2.07. The SMILES string of the molecule is CCCNCc1ccc(OCc2noc(C)n2)c(Cl)c1. The largest absolute Gasteiger partial charge is 0.484 e. The monoisotopic (exact) mass is 295 g/mol. The van der Waals surface area contributed by atoms with Gasteiger partial charge < -0.3 is 14.6 Å². The molecule has 6 heteroatoms. The highest BCUT2D eigenvalue weighted by molar-refractivity contribution is 6.32. The van der Waals surface area contributed by atoms with Crippen LogP contribution in [0.2, 0.25) is 5.02 Å². The van der Waals surface area contributed by atoms with E-state index in [1.54, 1.807) is 6.92 Å². The molecule has 0 atom stereocenters. The first-order chi connectivity index (χ1) is 9.69. The molecular formula is C14H18ClN3O2. The Labute approximate surface area is 123 Å². The van der Waals surface area contributed by atoms with Gasteiger partial charge in [-0.25, -0.2) is 0 Å². The Morgan fingerprint density at radius 3 is 2.90 bits per heavy atom. The van der Waals surface area contributed by atoms with Gasteiger partial charge in [-0.3, -0.25) is 0 Å². The van der Waals surface area contributed by atoms with Crippen LogP contribution in [-0.4, -0.2) is 16.7 Å². The van der Waals surface area contributed by atoms with Crippen molar-refractivity contribution in [3.63, 3.8) is 0 Å². The van der Waals surface area contributed by atoms with Crippen LogP contribution < -0.4 is 10.1 Å². The van der Waals surface area contributed by atoms with Gasteiger partial charge in [-0.1, -0.05) is 29.7 Å². The van der Waals surface area contributed by atoms with Crippen LogP contribution in [0, 0.1) is 6.92 Å². The molecule has 0 aliphatic heterocycles. The molecule has 0 radical (unpaired) electrons. The van der Waals surface area contributed by atoms with Crippen molar-refractivity contribution in [1.82, 2.24) is 15.5 Å². The van der Waals surface area contributed by atoms with Gasteiger partial charge in [0, 0.05) is 13.5 Å². The summed E-state index contributed by atoms with van der Waals surface area (Å²) in [5.74, 6) is 1.65. The predicted octanol–water partition coefficient (Wildman–Crippen LogP) is 3.11. The third-order valence-corrected chi connectivity index (χ3v) is 2.97. The van der Waals surface area contributed by atoms with E-state index in [0.717, 1.165) is 25.1 Å². The second-order valence-electron chi connectivity index (χ2n) is 4.46. The Kier molecular flexibility index (Phi) is 5.38. The van der Waals surface area contributed by atoms with Gasteiger partial charge in [0.1, 0.15) is 5.75 Å². The molecular weight excluding hydrogens is 278 g/mol. The van der Waals surface area contributed by atoms with Crippen LogP contribution in [0.4, 0.5) is 0 Å². The number of aromatic nitrogens is 2. The third-order valence-electron chi connectivity index (χ3n) is 2.68. The van der Waals surface area contributed by atoms with E-state index < -0.39 is 0 Å². The smallest absolute Gasteiger partial charge is 0.223 e. The van der Waals surface area contributed by atoms with Gasteiger partial charge >= 0.3 is 0 Å². The molecule has 1 N–H and O–H groups in total. The molecule has 108 valence electrons. The molecule has 20 heavy (non-hydrogen) atoms. The molecule has 1 aromatic heterocycles. The van der Waals surface area contributed by atoms with Crippen molar-refractivity contribution in [2.24, 2.45) is 0 Å². The third kappa shape index (κ3) is 4.21. The summed E-state index contributed by atoms with van der Waals surface area (Å²) in [6.07, 6.45) is 1.11. The van der Waals surface area contributed by atoms with E-state index in [4.69, 9.17) is 20.9 Å². The van der Waals surface area contributed by atoms with Gasteiger partial charge in [0.2, 0.25) is 11.7 Å². The van der Waals surface area contributed by atoms with E-state index in [9.17, 15) is 0 Å². The minimum Gasteiger partial charge on any atom is -0.484 e. The van der Waals surface area contributed by atoms with Gasteiger partial charge in [0.25, 0.3) is 0 Å². The molecule has 0 aliphatic rings. The van der Waals surface area contributed by atoms with Gasteiger partial charge in [0.15, 0.2) is 6.61 Å². The fourth-order valence-electron chi connectivity index (χ4n) is 1.72. The molecule has 0 saturated heterocycles. The zero-order valence-electron chi connectivity index (χ0n) is 11.6. The molecule has 5 nitrogen and oxygen atoms in total. The van der Waals surface area contributed by atoms with E-state index in [1.807, 2.05) is 18.2 Å². The topological polar surface area (TPSA) is 60.2 Å². The van der Waals surface area contributed by atoms with Crippen LogP contribution in [0.25, 0.3) is 0 Å². The Hall–Kier alpha value is -1.59. The molecule has 0 amide bonds. The first kappa shape index (κ1) is 14.8. The summed E-state index contributed by atoms with van der Waals surface area (Å²) in [4.78, 5) is 4.07. The van der Waals surface area contributed by atoms with Crippen LogP contribution in [0.1, 0.15) is 30.6 Å². The first-order valence-electron chi connectivity index (χ1n) is 6.60. The first-order valence-corrected chi connectivity index (χ1v) is 6.98. The van der Waals surface area contributed by atoms with Crippen LogP contribution in [0.3, 0.4) is 0 Å². The van der Waals surface area contributed by atoms with Crippen molar-refractivity contribution in [2.45, 2.75) is 33.4 Å². The van der Waals surface area contributed by atoms with E-state index in [2.05, 4.69) is 22.4 Å². The summed E-state index contributed by atoms with van der Waals surface area (Å²) >= 11 is 6.20. The molecule has 0 spiro atoms. The maximum Gasteiger partial charge on any atom is 0.223 e. The Morgan fingerprint density at radius 1 is 1.40 bits per heavy atom. The van der Waals surface area contributed by atoms with Crippen molar-refractivity contribution in [3.8, 4) is 5.75 Å². The maximum absolute atomic E-state index is 6.20. The van der Waals surface area contributed by atoms with Crippen LogP contribution in [0.5, 0.6) is 5.75 Å². The average Bonchev–Trinajstić information content (AvgIpc) is 2.84. The molecule has 0 fully saturated rings. The normalized spacial score (nSPS) is 10.8. The molecule has 0 bridgehead atoms. The van der Waals surface area contributed by atoms with E-state index in [-0.39, 0.29) is 6.61 Å². The molecule has 1 aromatic carbocycles. The van der Waals surface area contributed by atoms with Crippen LogP contribution in [-0.2, 0) is 13.2 Å². The van der Waals surface area contributed by atoms with Gasteiger partial charge in [0.05, 0.1) is 5.02 Å². The van der Waals surface area contributed by atoms with E-state index in [0.29, 0.717) is 22.5 Å². The number of nitrogens with zero attached hydrogens (tertiary/aromatic N) is 2. The van der Waals surface area contributed by atoms with Crippen molar-refractivity contribution in [2.75, 3.05) is 6.54 Å². The number of nitrogens with one attached hydrogen (secondary N) is 1. The van der Waals surface area contributed by atoms with E-state index in [1.165, 1.54) is 0 Å². The van der Waals surface area contributed by atoms with Crippen molar-refractivity contribution >= 4 is 11.6 Å². The lowest BCUT2D eigenvalue weighted by atomic mass is 10.2. The van der Waals surface area contributed by atoms with E-state index >= 15 is 0 Å². The number of benzene rings is 1. The second kappa shape index (κ2) is 7.26. The molecule has 2 rings (SSSR count). The molecule has 0 saturated carbocycles. The number of rotatable bonds is 7. The number of hydrogen-bond acceptors (Lipinski definition) is 5. The Morgan fingerprint density at radius 2 is 2.25 bits per heavy atom. The lowest BCUT2D eigenvalue weighted by molar-refractivity contribution is 0.286. The number of hydrogen-bond donors (Lipinski definition) is 1. The highest BCUT2D eigenvalue weighted by atomic mass is 35.5. The summed E-state index contributed by atoms with van der Waals surface area (Å²) < 4.78 is 10.5. The zero-order valence-corrected chi connectivity index (χ0v) is 12.4. The molecule has 1 heterocycles. The molecule has 0 aliphatic carbocycles. The zero-order chi connectivity index (χ0) is 14.4. The maximum atomic E-state index is 6.20. The van der Waals surface area contributed by atoms with Gasteiger partial charge in [-0.15, -0.1) is 0 Å². The van der Waals surface area contributed by atoms with Crippen molar-refractivity contribution in [1.29, 1.82) is 0 Å². The summed E-state index contributed by atoms with van der Waals surface area (Å²) in [6, 6.07) is 5.75. The second-order valence-corrected chi connectivity index (χ2v) is 4.87. The lowest BCUT2D eigenvalue weighted by Crippen LogP contribution is -2.13.